The molecule has 0 aliphatic heterocycles. The number of hydrogen-bond acceptors (Lipinski definition) is 5. The maximum Gasteiger partial charge on any atom is 0.339 e. The number of aryl methyl sites for hydroxylation is 1. The first-order valence-electron chi connectivity index (χ1n) is 8.44. The second-order valence-electron chi connectivity index (χ2n) is 5.95. The summed E-state index contributed by atoms with van der Waals surface area (Å²) in [5, 5.41) is 5.42. The predicted molar refractivity (Wildman–Crippen MR) is 104 cm³/mol. The van der Waals surface area contributed by atoms with Crippen LogP contribution in [-0.4, -0.2) is 24.9 Å². The molecule has 1 aromatic heterocycles. The van der Waals surface area contributed by atoms with E-state index in [1.54, 1.807) is 54.6 Å². The van der Waals surface area contributed by atoms with Crippen molar-refractivity contribution < 1.29 is 23.5 Å². The molecule has 142 valence electrons. The molecule has 2 amide bonds. The summed E-state index contributed by atoms with van der Waals surface area (Å²) in [6.45, 7) is 1.81. The van der Waals surface area contributed by atoms with E-state index in [2.05, 4.69) is 10.6 Å². The average Bonchev–Trinajstić information content (AvgIpc) is 3.24. The summed E-state index contributed by atoms with van der Waals surface area (Å²) >= 11 is 0. The normalized spacial score (nSPS) is 10.2. The minimum absolute atomic E-state index is 0.168. The van der Waals surface area contributed by atoms with Gasteiger partial charge in [0, 0.05) is 11.3 Å². The Hall–Kier alpha value is -3.87. The van der Waals surface area contributed by atoms with Gasteiger partial charge < -0.3 is 19.8 Å². The number of carbonyl (C=O) groups is 3. The van der Waals surface area contributed by atoms with Crippen LogP contribution in [0, 0.1) is 6.92 Å². The van der Waals surface area contributed by atoms with Crippen LogP contribution in [0.25, 0.3) is 0 Å². The number of hydrogen-bond donors (Lipinski definition) is 2. The Bertz CT molecular complexity index is 1030. The van der Waals surface area contributed by atoms with Gasteiger partial charge >= 0.3 is 5.97 Å². The molecule has 7 nitrogen and oxygen atoms in total. The first kappa shape index (κ1) is 18.9. The molecule has 0 atom stereocenters. The van der Waals surface area contributed by atoms with Gasteiger partial charge in [0.15, 0.2) is 5.76 Å². The third-order valence-corrected chi connectivity index (χ3v) is 4.07. The van der Waals surface area contributed by atoms with Gasteiger partial charge in [-0.1, -0.05) is 18.2 Å². The van der Waals surface area contributed by atoms with Gasteiger partial charge in [0.2, 0.25) is 0 Å². The number of amides is 2. The van der Waals surface area contributed by atoms with Crippen molar-refractivity contribution in [3.05, 3.63) is 83.3 Å². The highest BCUT2D eigenvalue weighted by atomic mass is 16.5. The fraction of sp³-hybridized carbons (Fsp3) is 0.0952. The highest BCUT2D eigenvalue weighted by Gasteiger charge is 2.16. The van der Waals surface area contributed by atoms with Crippen molar-refractivity contribution in [2.45, 2.75) is 6.92 Å². The summed E-state index contributed by atoms with van der Waals surface area (Å²) in [5.41, 5.74) is 2.17. The zero-order valence-electron chi connectivity index (χ0n) is 15.3. The van der Waals surface area contributed by atoms with Crippen molar-refractivity contribution >= 4 is 29.2 Å². The number of methoxy groups -OCH3 is 1. The smallest absolute Gasteiger partial charge is 0.339 e. The van der Waals surface area contributed by atoms with Gasteiger partial charge in [-0.05, 0) is 48.9 Å². The molecule has 0 saturated heterocycles. The fourth-order valence-electron chi connectivity index (χ4n) is 2.56. The van der Waals surface area contributed by atoms with Crippen LogP contribution < -0.4 is 10.6 Å². The third-order valence-electron chi connectivity index (χ3n) is 4.07. The maximum absolute atomic E-state index is 12.7. The Morgan fingerprint density at radius 2 is 1.64 bits per heavy atom. The van der Waals surface area contributed by atoms with E-state index in [0.717, 1.165) is 5.56 Å². The van der Waals surface area contributed by atoms with Crippen LogP contribution in [0.4, 0.5) is 11.4 Å². The molecule has 0 saturated carbocycles. The summed E-state index contributed by atoms with van der Waals surface area (Å²) in [6.07, 6.45) is 1.41. The lowest BCUT2D eigenvalue weighted by atomic mass is 10.1. The quantitative estimate of drug-likeness (QED) is 0.657. The molecule has 0 fully saturated rings. The van der Waals surface area contributed by atoms with E-state index in [0.29, 0.717) is 16.9 Å². The van der Waals surface area contributed by atoms with Gasteiger partial charge in [-0.15, -0.1) is 0 Å². The summed E-state index contributed by atoms with van der Waals surface area (Å²) in [6, 6.07) is 14.6. The Kier molecular flexibility index (Phi) is 5.55. The van der Waals surface area contributed by atoms with Crippen LogP contribution in [0.1, 0.15) is 36.8 Å². The van der Waals surface area contributed by atoms with E-state index < -0.39 is 17.8 Å². The van der Waals surface area contributed by atoms with Gasteiger partial charge in [-0.25, -0.2) is 4.79 Å². The van der Waals surface area contributed by atoms with E-state index in [1.807, 2.05) is 6.92 Å². The van der Waals surface area contributed by atoms with Crippen molar-refractivity contribution in [3.8, 4) is 0 Å². The van der Waals surface area contributed by atoms with Crippen LogP contribution in [0.2, 0.25) is 0 Å². The molecule has 1 heterocycles. The predicted octanol–water partition coefficient (Wildman–Crippen LogP) is 3.88. The number of ether oxygens (including phenoxy) is 1. The summed E-state index contributed by atoms with van der Waals surface area (Å²) < 4.78 is 9.81. The van der Waals surface area contributed by atoms with E-state index in [-0.39, 0.29) is 11.3 Å². The van der Waals surface area contributed by atoms with Crippen LogP contribution in [0.3, 0.4) is 0 Å². The lowest BCUT2D eigenvalue weighted by Crippen LogP contribution is -2.17. The minimum atomic E-state index is -0.550. The molecule has 0 radical (unpaired) electrons. The Morgan fingerprint density at radius 1 is 0.893 bits per heavy atom. The molecule has 3 rings (SSSR count). The molecule has 3 aromatic rings. The molecular weight excluding hydrogens is 360 g/mol. The van der Waals surface area contributed by atoms with Crippen LogP contribution in [0.5, 0.6) is 0 Å². The Balaban J connectivity index is 1.82. The highest BCUT2D eigenvalue weighted by molar-refractivity contribution is 6.09. The zero-order valence-corrected chi connectivity index (χ0v) is 15.3. The monoisotopic (exact) mass is 378 g/mol. The molecule has 2 aromatic carbocycles. The fourth-order valence-corrected chi connectivity index (χ4v) is 2.56. The van der Waals surface area contributed by atoms with Crippen LogP contribution >= 0.6 is 0 Å². The van der Waals surface area contributed by atoms with Gasteiger partial charge in [-0.3, -0.25) is 9.59 Å². The first-order chi connectivity index (χ1) is 13.5. The molecule has 0 bridgehead atoms. The van der Waals surface area contributed by atoms with Crippen LogP contribution in [-0.2, 0) is 4.74 Å². The summed E-state index contributed by atoms with van der Waals surface area (Å²) in [4.78, 5) is 36.7. The molecule has 0 aliphatic rings. The van der Waals surface area contributed by atoms with E-state index >= 15 is 0 Å². The first-order valence-corrected chi connectivity index (χ1v) is 8.44. The van der Waals surface area contributed by atoms with Crippen molar-refractivity contribution in [1.29, 1.82) is 0 Å². The molecule has 0 spiro atoms. The lowest BCUT2D eigenvalue weighted by Gasteiger charge is -2.12. The van der Waals surface area contributed by atoms with E-state index in [9.17, 15) is 14.4 Å². The van der Waals surface area contributed by atoms with Gasteiger partial charge in [-0.2, -0.15) is 0 Å². The van der Waals surface area contributed by atoms with Gasteiger partial charge in [0.1, 0.15) is 0 Å². The number of nitrogens with one attached hydrogen (secondary N) is 2. The average molecular weight is 378 g/mol. The van der Waals surface area contributed by atoms with Crippen molar-refractivity contribution in [3.63, 3.8) is 0 Å². The maximum atomic E-state index is 12.7. The Morgan fingerprint density at radius 3 is 2.36 bits per heavy atom. The van der Waals surface area contributed by atoms with Crippen molar-refractivity contribution in [1.82, 2.24) is 0 Å². The van der Waals surface area contributed by atoms with Gasteiger partial charge in [0.25, 0.3) is 11.8 Å². The molecule has 2 N–H and O–H groups in total. The van der Waals surface area contributed by atoms with Gasteiger partial charge in [0.05, 0.1) is 24.6 Å². The topological polar surface area (TPSA) is 97.6 Å². The summed E-state index contributed by atoms with van der Waals surface area (Å²) in [7, 11) is 1.27. The zero-order chi connectivity index (χ0) is 20.1. The number of benzene rings is 2. The second kappa shape index (κ2) is 8.22. The number of para-hydroxylation sites is 1. The number of furan rings is 1. The van der Waals surface area contributed by atoms with E-state index in [4.69, 9.17) is 9.15 Å². The molecule has 28 heavy (non-hydrogen) atoms. The largest absolute Gasteiger partial charge is 0.465 e. The SMILES string of the molecule is COC(=O)c1ccccc1NC(=O)c1ccc(C)c(NC(=O)c2ccco2)c1. The van der Waals surface area contributed by atoms with Crippen molar-refractivity contribution in [2.75, 3.05) is 17.7 Å². The molecule has 0 aliphatic carbocycles. The van der Waals surface area contributed by atoms with Crippen LogP contribution in [0.15, 0.2) is 65.3 Å². The number of carbonyl (C=O) groups excluding carboxylic acids is 3. The third kappa shape index (κ3) is 4.09. The standard InChI is InChI=1S/C21H18N2O5/c1-13-9-10-14(12-17(13)23-20(25)18-8-5-11-28-18)19(24)22-16-7-4-3-6-15(16)21(26)27-2/h3-12H,1-2H3,(H,22,24)(H,23,25). The number of esters is 1. The Labute approximate surface area is 161 Å². The molecule has 0 unspecified atom stereocenters. The van der Waals surface area contributed by atoms with Crippen molar-refractivity contribution in [2.24, 2.45) is 0 Å². The summed E-state index contributed by atoms with van der Waals surface area (Å²) in [5.74, 6) is -1.22. The number of anilines is 2. The second-order valence-corrected chi connectivity index (χ2v) is 5.95. The van der Waals surface area contributed by atoms with E-state index in [1.165, 1.54) is 13.4 Å². The highest BCUT2D eigenvalue weighted by Crippen LogP contribution is 2.21. The lowest BCUT2D eigenvalue weighted by molar-refractivity contribution is 0.0601. The molecular formula is C21H18N2O5. The molecule has 7 heteroatoms. The number of rotatable bonds is 5. The minimum Gasteiger partial charge on any atom is -0.465 e.